The normalized spacial score (nSPS) is 17.8. The number of likely N-dealkylation sites (tertiary alicyclic amines) is 1. The maximum absolute atomic E-state index is 11.3. The second-order valence-corrected chi connectivity index (χ2v) is 7.53. The molecule has 21 heavy (non-hydrogen) atoms. The van der Waals surface area contributed by atoms with Gasteiger partial charge in [0, 0.05) is 25.9 Å². The predicted molar refractivity (Wildman–Crippen MR) is 81.3 cm³/mol. The van der Waals surface area contributed by atoms with E-state index in [9.17, 15) is 13.5 Å². The minimum Gasteiger partial charge on any atom is -0.494 e. The number of sulfone groups is 1. The molecule has 5 nitrogen and oxygen atoms in total. The first kappa shape index (κ1) is 16.3. The lowest BCUT2D eigenvalue weighted by molar-refractivity contribution is 0.0800. The first-order chi connectivity index (χ1) is 9.95. The molecule has 2 rings (SSSR count). The highest BCUT2D eigenvalue weighted by molar-refractivity contribution is 7.90. The Hall–Kier alpha value is -1.11. The molecule has 118 valence electrons. The second-order valence-electron chi connectivity index (χ2n) is 5.52. The second kappa shape index (κ2) is 7.24. The molecule has 1 heterocycles. The first-order valence-corrected chi connectivity index (χ1v) is 9.17. The summed E-state index contributed by atoms with van der Waals surface area (Å²) in [6, 6.07) is 6.51. The molecule has 1 aliphatic rings. The number of rotatable bonds is 6. The number of aliphatic hydroxyl groups is 1. The summed E-state index contributed by atoms with van der Waals surface area (Å²) >= 11 is 0. The quantitative estimate of drug-likeness (QED) is 0.802. The number of piperidine rings is 1. The standard InChI is InChI=1S/C15H23NO4S/c1-21(18,19)15-5-3-14(4-6-15)20-12-2-9-16-10-7-13(17)8-11-16/h3-6,13,17H,2,7-12H2,1H3. The zero-order valence-electron chi connectivity index (χ0n) is 12.4. The van der Waals surface area contributed by atoms with E-state index in [1.807, 2.05) is 0 Å². The summed E-state index contributed by atoms with van der Waals surface area (Å²) in [7, 11) is -3.15. The predicted octanol–water partition coefficient (Wildman–Crippen LogP) is 1.32. The average molecular weight is 313 g/mol. The van der Waals surface area contributed by atoms with Gasteiger partial charge in [0.15, 0.2) is 9.84 Å². The molecule has 0 aliphatic carbocycles. The lowest BCUT2D eigenvalue weighted by atomic mass is 10.1. The number of hydrogen-bond donors (Lipinski definition) is 1. The van der Waals surface area contributed by atoms with E-state index in [1.165, 1.54) is 6.26 Å². The fourth-order valence-corrected chi connectivity index (χ4v) is 3.03. The highest BCUT2D eigenvalue weighted by atomic mass is 32.2. The average Bonchev–Trinajstić information content (AvgIpc) is 2.45. The first-order valence-electron chi connectivity index (χ1n) is 7.28. The molecular formula is C15H23NO4S. The van der Waals surface area contributed by atoms with Gasteiger partial charge in [0.05, 0.1) is 17.6 Å². The van der Waals surface area contributed by atoms with Gasteiger partial charge in [0.25, 0.3) is 0 Å². The minimum absolute atomic E-state index is 0.133. The van der Waals surface area contributed by atoms with Crippen molar-refractivity contribution < 1.29 is 18.3 Å². The third-order valence-electron chi connectivity index (χ3n) is 3.70. The molecule has 0 radical (unpaired) electrons. The zero-order chi connectivity index (χ0) is 15.3. The summed E-state index contributed by atoms with van der Waals surface area (Å²) in [4.78, 5) is 2.64. The van der Waals surface area contributed by atoms with Crippen LogP contribution in [0.25, 0.3) is 0 Å². The van der Waals surface area contributed by atoms with Crippen LogP contribution in [0.15, 0.2) is 29.2 Å². The van der Waals surface area contributed by atoms with Gasteiger partial charge in [0.2, 0.25) is 0 Å². The maximum atomic E-state index is 11.3. The SMILES string of the molecule is CS(=O)(=O)c1ccc(OCCCN2CCC(O)CC2)cc1. The molecule has 1 N–H and O–H groups in total. The van der Waals surface area contributed by atoms with E-state index in [-0.39, 0.29) is 6.10 Å². The summed E-state index contributed by atoms with van der Waals surface area (Å²) in [6.45, 7) is 3.47. The van der Waals surface area contributed by atoms with Crippen molar-refractivity contribution >= 4 is 9.84 Å². The molecule has 6 heteroatoms. The smallest absolute Gasteiger partial charge is 0.175 e. The van der Waals surface area contributed by atoms with Gasteiger partial charge in [0.1, 0.15) is 5.75 Å². The van der Waals surface area contributed by atoms with Gasteiger partial charge in [-0.1, -0.05) is 0 Å². The fourth-order valence-electron chi connectivity index (χ4n) is 2.40. The van der Waals surface area contributed by atoms with Crippen molar-refractivity contribution in [2.24, 2.45) is 0 Å². The Morgan fingerprint density at radius 1 is 1.24 bits per heavy atom. The molecule has 1 fully saturated rings. The van der Waals surface area contributed by atoms with Gasteiger partial charge in [-0.15, -0.1) is 0 Å². The van der Waals surface area contributed by atoms with Crippen LogP contribution in [0.2, 0.25) is 0 Å². The number of aliphatic hydroxyl groups excluding tert-OH is 1. The molecule has 0 spiro atoms. The summed E-state index contributed by atoms with van der Waals surface area (Å²) < 4.78 is 28.3. The van der Waals surface area contributed by atoms with Crippen LogP contribution in [-0.2, 0) is 9.84 Å². The maximum Gasteiger partial charge on any atom is 0.175 e. The molecule has 0 amide bonds. The van der Waals surface area contributed by atoms with Crippen LogP contribution in [0.5, 0.6) is 5.75 Å². The van der Waals surface area contributed by atoms with E-state index in [4.69, 9.17) is 4.74 Å². The van der Waals surface area contributed by atoms with E-state index in [2.05, 4.69) is 4.90 Å². The number of nitrogens with zero attached hydrogens (tertiary/aromatic N) is 1. The van der Waals surface area contributed by atoms with Crippen LogP contribution in [0.4, 0.5) is 0 Å². The Kier molecular flexibility index (Phi) is 5.61. The molecule has 1 saturated heterocycles. The van der Waals surface area contributed by atoms with Gasteiger partial charge in [-0.2, -0.15) is 0 Å². The summed E-state index contributed by atoms with van der Waals surface area (Å²) in [5, 5.41) is 9.43. The third kappa shape index (κ3) is 5.30. The van der Waals surface area contributed by atoms with Gasteiger partial charge < -0.3 is 14.7 Å². The number of benzene rings is 1. The van der Waals surface area contributed by atoms with Crippen molar-refractivity contribution in [2.75, 3.05) is 32.5 Å². The van der Waals surface area contributed by atoms with Crippen molar-refractivity contribution in [3.05, 3.63) is 24.3 Å². The van der Waals surface area contributed by atoms with Crippen molar-refractivity contribution in [2.45, 2.75) is 30.3 Å². The van der Waals surface area contributed by atoms with E-state index >= 15 is 0 Å². The molecule has 0 atom stereocenters. The van der Waals surface area contributed by atoms with E-state index in [1.54, 1.807) is 24.3 Å². The van der Waals surface area contributed by atoms with Gasteiger partial charge in [-0.25, -0.2) is 8.42 Å². The topological polar surface area (TPSA) is 66.8 Å². The lowest BCUT2D eigenvalue weighted by Gasteiger charge is -2.29. The van der Waals surface area contributed by atoms with Crippen molar-refractivity contribution in [1.82, 2.24) is 4.90 Å². The van der Waals surface area contributed by atoms with Gasteiger partial charge >= 0.3 is 0 Å². The summed E-state index contributed by atoms with van der Waals surface area (Å²) in [5.74, 6) is 0.691. The van der Waals surface area contributed by atoms with Crippen LogP contribution in [0, 0.1) is 0 Å². The Morgan fingerprint density at radius 2 is 1.86 bits per heavy atom. The minimum atomic E-state index is -3.15. The molecule has 1 aliphatic heterocycles. The van der Waals surface area contributed by atoms with Crippen LogP contribution >= 0.6 is 0 Å². The highest BCUT2D eigenvalue weighted by Gasteiger charge is 2.16. The van der Waals surface area contributed by atoms with E-state index in [0.717, 1.165) is 38.9 Å². The van der Waals surface area contributed by atoms with Crippen molar-refractivity contribution in [3.8, 4) is 5.75 Å². The lowest BCUT2D eigenvalue weighted by Crippen LogP contribution is -2.36. The van der Waals surface area contributed by atoms with Crippen molar-refractivity contribution in [3.63, 3.8) is 0 Å². The van der Waals surface area contributed by atoms with Gasteiger partial charge in [-0.3, -0.25) is 0 Å². The molecular weight excluding hydrogens is 290 g/mol. The fraction of sp³-hybridized carbons (Fsp3) is 0.600. The van der Waals surface area contributed by atoms with Crippen LogP contribution < -0.4 is 4.74 Å². The molecule has 0 bridgehead atoms. The van der Waals surface area contributed by atoms with Gasteiger partial charge in [-0.05, 0) is 43.5 Å². The van der Waals surface area contributed by atoms with Crippen LogP contribution in [-0.4, -0.2) is 57.0 Å². The van der Waals surface area contributed by atoms with E-state index < -0.39 is 9.84 Å². The molecule has 0 saturated carbocycles. The Morgan fingerprint density at radius 3 is 2.43 bits per heavy atom. The van der Waals surface area contributed by atoms with E-state index in [0.29, 0.717) is 17.3 Å². The molecule has 1 aromatic carbocycles. The highest BCUT2D eigenvalue weighted by Crippen LogP contribution is 2.16. The number of ether oxygens (including phenoxy) is 1. The zero-order valence-corrected chi connectivity index (χ0v) is 13.2. The van der Waals surface area contributed by atoms with Crippen molar-refractivity contribution in [1.29, 1.82) is 0 Å². The summed E-state index contributed by atoms with van der Waals surface area (Å²) in [6.07, 6.45) is 3.69. The summed E-state index contributed by atoms with van der Waals surface area (Å²) in [5.41, 5.74) is 0. The molecule has 1 aromatic rings. The van der Waals surface area contributed by atoms with Crippen LogP contribution in [0.3, 0.4) is 0 Å². The monoisotopic (exact) mass is 313 g/mol. The Bertz CT molecular complexity index is 533. The molecule has 0 unspecified atom stereocenters. The molecule has 0 aromatic heterocycles. The van der Waals surface area contributed by atoms with Crippen LogP contribution in [0.1, 0.15) is 19.3 Å². The largest absolute Gasteiger partial charge is 0.494 e. The third-order valence-corrected chi connectivity index (χ3v) is 4.82. The number of hydrogen-bond acceptors (Lipinski definition) is 5. The Balaban J connectivity index is 1.69. The Labute approximate surface area is 126 Å².